The predicted octanol–water partition coefficient (Wildman–Crippen LogP) is 2.25. The molecule has 2 aromatic rings. The Bertz CT molecular complexity index is 587. The summed E-state index contributed by atoms with van der Waals surface area (Å²) in [6.07, 6.45) is 0. The maximum absolute atomic E-state index is 11.5. The molecule has 0 bridgehead atoms. The van der Waals surface area contributed by atoms with E-state index >= 15 is 0 Å². The number of aromatic nitrogens is 1. The molecule has 0 fully saturated rings. The fourth-order valence-electron chi connectivity index (χ4n) is 1.88. The minimum atomic E-state index is -0.0663. The monoisotopic (exact) mass is 198 g/mol. The zero-order valence-corrected chi connectivity index (χ0v) is 8.61. The number of para-hydroxylation sites is 1. The van der Waals surface area contributed by atoms with Crippen molar-refractivity contribution in [2.75, 3.05) is 0 Å². The third-order valence-electron chi connectivity index (χ3n) is 2.56. The first kappa shape index (κ1) is 9.47. The van der Waals surface area contributed by atoms with Gasteiger partial charge in [-0.2, -0.15) is 5.26 Å². The van der Waals surface area contributed by atoms with Gasteiger partial charge in [0.15, 0.2) is 5.78 Å². The number of carbonyl (C=O) groups is 1. The number of benzene rings is 1. The predicted molar refractivity (Wildman–Crippen MR) is 57.6 cm³/mol. The summed E-state index contributed by atoms with van der Waals surface area (Å²) in [7, 11) is 1.80. The largest absolute Gasteiger partial charge is 0.335 e. The molecular formula is C12H10N2O. The Morgan fingerprint density at radius 3 is 2.67 bits per heavy atom. The Morgan fingerprint density at radius 2 is 2.07 bits per heavy atom. The van der Waals surface area contributed by atoms with Gasteiger partial charge in [0.1, 0.15) is 11.8 Å². The van der Waals surface area contributed by atoms with Gasteiger partial charge >= 0.3 is 0 Å². The zero-order chi connectivity index (χ0) is 11.0. The average molecular weight is 198 g/mol. The Balaban J connectivity index is 2.99. The molecule has 0 saturated carbocycles. The molecule has 0 N–H and O–H groups in total. The first-order valence-electron chi connectivity index (χ1n) is 4.65. The van der Waals surface area contributed by atoms with E-state index in [4.69, 9.17) is 5.26 Å². The lowest BCUT2D eigenvalue weighted by Crippen LogP contribution is -1.97. The number of carbonyl (C=O) groups excluding carboxylic acids is 1. The second-order valence-corrected chi connectivity index (χ2v) is 3.47. The van der Waals surface area contributed by atoms with Gasteiger partial charge in [-0.15, -0.1) is 0 Å². The highest BCUT2D eigenvalue weighted by Crippen LogP contribution is 2.24. The lowest BCUT2D eigenvalue weighted by atomic mass is 10.1. The van der Waals surface area contributed by atoms with Crippen LogP contribution in [0.15, 0.2) is 24.3 Å². The fraction of sp³-hybridized carbons (Fsp3) is 0.167. The fourth-order valence-corrected chi connectivity index (χ4v) is 1.88. The number of Topliss-reactive ketones (excluding diaryl/α,β-unsaturated/α-hetero) is 1. The summed E-state index contributed by atoms with van der Waals surface area (Å²) < 4.78 is 1.76. The molecule has 0 aliphatic carbocycles. The summed E-state index contributed by atoms with van der Waals surface area (Å²) in [5.74, 6) is -0.0663. The number of fused-ring (bicyclic) bond motifs is 1. The van der Waals surface area contributed by atoms with E-state index in [2.05, 4.69) is 6.07 Å². The molecule has 0 aliphatic heterocycles. The van der Waals surface area contributed by atoms with Gasteiger partial charge in [-0.25, -0.2) is 0 Å². The van der Waals surface area contributed by atoms with E-state index in [1.165, 1.54) is 6.92 Å². The van der Waals surface area contributed by atoms with Crippen LogP contribution in [-0.2, 0) is 7.05 Å². The summed E-state index contributed by atoms with van der Waals surface area (Å²) in [4.78, 5) is 11.5. The first-order valence-corrected chi connectivity index (χ1v) is 4.65. The van der Waals surface area contributed by atoms with Crippen molar-refractivity contribution >= 4 is 16.7 Å². The van der Waals surface area contributed by atoms with E-state index in [1.54, 1.807) is 11.6 Å². The molecular weight excluding hydrogens is 188 g/mol. The highest BCUT2D eigenvalue weighted by atomic mass is 16.1. The quantitative estimate of drug-likeness (QED) is 0.660. The van der Waals surface area contributed by atoms with Crippen molar-refractivity contribution in [1.29, 1.82) is 5.26 Å². The molecule has 74 valence electrons. The molecule has 0 atom stereocenters. The van der Waals surface area contributed by atoms with Crippen molar-refractivity contribution in [3.05, 3.63) is 35.5 Å². The normalized spacial score (nSPS) is 10.2. The number of aryl methyl sites for hydroxylation is 1. The molecule has 0 radical (unpaired) electrons. The van der Waals surface area contributed by atoms with Crippen molar-refractivity contribution in [2.45, 2.75) is 6.92 Å². The molecule has 1 aromatic carbocycles. The van der Waals surface area contributed by atoms with Crippen LogP contribution in [0.5, 0.6) is 0 Å². The topological polar surface area (TPSA) is 45.8 Å². The standard InChI is InChI=1S/C12H10N2O/c1-8(15)12-9-5-3-4-6-10(9)14(2)11(12)7-13/h3-6H,1-2H3. The van der Waals surface area contributed by atoms with Gasteiger partial charge in [0.25, 0.3) is 0 Å². The highest BCUT2D eigenvalue weighted by Gasteiger charge is 2.17. The molecule has 1 heterocycles. The van der Waals surface area contributed by atoms with Crippen LogP contribution in [0.1, 0.15) is 23.0 Å². The van der Waals surface area contributed by atoms with Crippen molar-refractivity contribution in [3.8, 4) is 6.07 Å². The summed E-state index contributed by atoms with van der Waals surface area (Å²) in [6.45, 7) is 1.49. The molecule has 2 rings (SSSR count). The first-order chi connectivity index (χ1) is 7.16. The van der Waals surface area contributed by atoms with E-state index < -0.39 is 0 Å². The molecule has 15 heavy (non-hydrogen) atoms. The maximum atomic E-state index is 11.5. The third kappa shape index (κ3) is 1.23. The molecule has 0 aliphatic rings. The van der Waals surface area contributed by atoms with Gasteiger partial charge in [0, 0.05) is 18.0 Å². The Morgan fingerprint density at radius 1 is 1.40 bits per heavy atom. The van der Waals surface area contributed by atoms with Crippen LogP contribution in [0.2, 0.25) is 0 Å². The summed E-state index contributed by atoms with van der Waals surface area (Å²) in [5, 5.41) is 9.88. The maximum Gasteiger partial charge on any atom is 0.163 e. The van der Waals surface area contributed by atoms with E-state index in [0.29, 0.717) is 11.3 Å². The molecule has 0 saturated heterocycles. The summed E-state index contributed by atoms with van der Waals surface area (Å²) >= 11 is 0. The molecule has 1 aromatic heterocycles. The van der Waals surface area contributed by atoms with Crippen molar-refractivity contribution in [1.82, 2.24) is 4.57 Å². The van der Waals surface area contributed by atoms with Gasteiger partial charge in [-0.05, 0) is 13.0 Å². The van der Waals surface area contributed by atoms with Gasteiger partial charge < -0.3 is 4.57 Å². The van der Waals surface area contributed by atoms with Crippen LogP contribution in [0, 0.1) is 11.3 Å². The van der Waals surface area contributed by atoms with E-state index in [1.807, 2.05) is 24.3 Å². The molecule has 0 unspecified atom stereocenters. The van der Waals surface area contributed by atoms with E-state index in [9.17, 15) is 4.79 Å². The number of nitrogens with zero attached hydrogens (tertiary/aromatic N) is 2. The zero-order valence-electron chi connectivity index (χ0n) is 8.61. The molecule has 0 spiro atoms. The minimum Gasteiger partial charge on any atom is -0.335 e. The van der Waals surface area contributed by atoms with Crippen LogP contribution in [0.3, 0.4) is 0 Å². The van der Waals surface area contributed by atoms with Crippen LogP contribution in [-0.4, -0.2) is 10.4 Å². The highest BCUT2D eigenvalue weighted by molar-refractivity contribution is 6.09. The van der Waals surface area contributed by atoms with Gasteiger partial charge in [-0.1, -0.05) is 18.2 Å². The van der Waals surface area contributed by atoms with Gasteiger partial charge in [0.05, 0.1) is 5.56 Å². The van der Waals surface area contributed by atoms with Crippen LogP contribution in [0.25, 0.3) is 10.9 Å². The minimum absolute atomic E-state index is 0.0663. The van der Waals surface area contributed by atoms with Crippen LogP contribution < -0.4 is 0 Å². The van der Waals surface area contributed by atoms with Crippen molar-refractivity contribution in [3.63, 3.8) is 0 Å². The average Bonchev–Trinajstić information content (AvgIpc) is 2.52. The number of ketones is 1. The van der Waals surface area contributed by atoms with Gasteiger partial charge in [0.2, 0.25) is 0 Å². The molecule has 3 heteroatoms. The molecule has 3 nitrogen and oxygen atoms in total. The summed E-state index contributed by atoms with van der Waals surface area (Å²) in [6, 6.07) is 9.62. The van der Waals surface area contributed by atoms with E-state index in [-0.39, 0.29) is 5.78 Å². The Kier molecular flexibility index (Phi) is 2.05. The number of nitriles is 1. The van der Waals surface area contributed by atoms with Crippen molar-refractivity contribution < 1.29 is 4.79 Å². The lowest BCUT2D eigenvalue weighted by Gasteiger charge is -1.95. The van der Waals surface area contributed by atoms with E-state index in [0.717, 1.165) is 10.9 Å². The number of hydrogen-bond donors (Lipinski definition) is 0. The SMILES string of the molecule is CC(=O)c1c(C#N)n(C)c2ccccc12. The molecule has 0 amide bonds. The smallest absolute Gasteiger partial charge is 0.163 e. The van der Waals surface area contributed by atoms with Crippen LogP contribution in [0.4, 0.5) is 0 Å². The van der Waals surface area contributed by atoms with Gasteiger partial charge in [-0.3, -0.25) is 4.79 Å². The second kappa shape index (κ2) is 3.25. The van der Waals surface area contributed by atoms with Crippen LogP contribution >= 0.6 is 0 Å². The third-order valence-corrected chi connectivity index (χ3v) is 2.56. The van der Waals surface area contributed by atoms with Crippen molar-refractivity contribution in [2.24, 2.45) is 7.05 Å². The number of rotatable bonds is 1. The second-order valence-electron chi connectivity index (χ2n) is 3.47. The Labute approximate surface area is 87.5 Å². The number of hydrogen-bond acceptors (Lipinski definition) is 2. The summed E-state index contributed by atoms with van der Waals surface area (Å²) in [5.41, 5.74) is 1.87. The lowest BCUT2D eigenvalue weighted by molar-refractivity contribution is 0.101. The Hall–Kier alpha value is -2.08.